The van der Waals surface area contributed by atoms with Gasteiger partial charge in [0.2, 0.25) is 5.91 Å². The van der Waals surface area contributed by atoms with E-state index in [2.05, 4.69) is 0 Å². The van der Waals surface area contributed by atoms with Crippen LogP contribution >= 0.6 is 0 Å². The third-order valence-electron chi connectivity index (χ3n) is 3.51. The molecule has 0 saturated carbocycles. The highest BCUT2D eigenvalue weighted by molar-refractivity contribution is 7.91. The molecule has 0 aliphatic carbocycles. The van der Waals surface area contributed by atoms with Gasteiger partial charge in [-0.1, -0.05) is 24.3 Å². The summed E-state index contributed by atoms with van der Waals surface area (Å²) in [6, 6.07) is 10.9. The number of carbonyl (C=O) groups is 1. The number of fused-ring (bicyclic) bond motifs is 1. The summed E-state index contributed by atoms with van der Waals surface area (Å²) in [4.78, 5) is 13.0. The number of rotatable bonds is 6. The van der Waals surface area contributed by atoms with Crippen molar-refractivity contribution in [3.05, 3.63) is 36.4 Å². The molecular formula is C16H20N2O3S. The second kappa shape index (κ2) is 6.36. The van der Waals surface area contributed by atoms with E-state index in [1.807, 2.05) is 43.3 Å². The average Bonchev–Trinajstić information content (AvgIpc) is 2.45. The fourth-order valence-corrected chi connectivity index (χ4v) is 4.02. The summed E-state index contributed by atoms with van der Waals surface area (Å²) in [6.07, 6.45) is 0.314. The zero-order chi connectivity index (χ0) is 16.3. The Labute approximate surface area is 130 Å². The van der Waals surface area contributed by atoms with Crippen molar-refractivity contribution in [2.24, 2.45) is 5.73 Å². The largest absolute Gasteiger partial charge is 0.377 e. The van der Waals surface area contributed by atoms with Gasteiger partial charge in [0, 0.05) is 37.0 Å². The summed E-state index contributed by atoms with van der Waals surface area (Å²) in [6.45, 7) is 0. The number of primary amides is 1. The van der Waals surface area contributed by atoms with Crippen molar-refractivity contribution < 1.29 is 13.2 Å². The number of nitrogens with two attached hydrogens (primary N) is 1. The normalized spacial score (nSPS) is 11.5. The maximum absolute atomic E-state index is 12.5. The minimum Gasteiger partial charge on any atom is -0.377 e. The van der Waals surface area contributed by atoms with Gasteiger partial charge >= 0.3 is 0 Å². The van der Waals surface area contributed by atoms with Gasteiger partial charge in [-0.15, -0.1) is 0 Å². The number of amides is 1. The standard InChI is InChI=1S/C16H20N2O3S/c1-18(2)14-8-3-7-13-12(14)6-4-9-15(13)22(20,21)11-5-10-16(17)19/h3-4,6-9H,5,10-11H2,1-2H3,(H2,17,19). The summed E-state index contributed by atoms with van der Waals surface area (Å²) < 4.78 is 25.1. The molecule has 0 aromatic heterocycles. The lowest BCUT2D eigenvalue weighted by atomic mass is 10.1. The molecule has 0 aliphatic rings. The van der Waals surface area contributed by atoms with E-state index in [4.69, 9.17) is 5.73 Å². The molecule has 0 heterocycles. The molecule has 1 amide bonds. The molecule has 0 spiro atoms. The molecule has 0 bridgehead atoms. The molecule has 22 heavy (non-hydrogen) atoms. The third-order valence-corrected chi connectivity index (χ3v) is 5.36. The molecule has 0 fully saturated rings. The van der Waals surface area contributed by atoms with Gasteiger partial charge in [0.1, 0.15) is 0 Å². The number of nitrogens with zero attached hydrogens (tertiary/aromatic N) is 1. The summed E-state index contributed by atoms with van der Waals surface area (Å²) in [7, 11) is 0.388. The Morgan fingerprint density at radius 1 is 1.09 bits per heavy atom. The molecule has 5 nitrogen and oxygen atoms in total. The van der Waals surface area contributed by atoms with Crippen molar-refractivity contribution >= 4 is 32.2 Å². The summed E-state index contributed by atoms with van der Waals surface area (Å²) >= 11 is 0. The van der Waals surface area contributed by atoms with E-state index in [1.165, 1.54) is 0 Å². The first-order valence-electron chi connectivity index (χ1n) is 7.03. The number of hydrogen-bond donors (Lipinski definition) is 1. The topological polar surface area (TPSA) is 80.5 Å². The highest BCUT2D eigenvalue weighted by Crippen LogP contribution is 2.30. The van der Waals surface area contributed by atoms with Crippen molar-refractivity contribution in [3.63, 3.8) is 0 Å². The molecule has 2 N–H and O–H groups in total. The second-order valence-corrected chi connectivity index (χ2v) is 7.49. The summed E-state index contributed by atoms with van der Waals surface area (Å²) in [5, 5.41) is 1.59. The number of carbonyl (C=O) groups excluding carboxylic acids is 1. The number of benzene rings is 2. The van der Waals surface area contributed by atoms with Crippen LogP contribution in [0.1, 0.15) is 12.8 Å². The van der Waals surface area contributed by atoms with E-state index in [9.17, 15) is 13.2 Å². The molecule has 2 rings (SSSR count). The summed E-state index contributed by atoms with van der Waals surface area (Å²) in [5.41, 5.74) is 6.03. The smallest absolute Gasteiger partial charge is 0.217 e. The quantitative estimate of drug-likeness (QED) is 0.882. The van der Waals surface area contributed by atoms with Crippen molar-refractivity contribution in [2.75, 3.05) is 24.7 Å². The van der Waals surface area contributed by atoms with Crippen molar-refractivity contribution in [1.29, 1.82) is 0 Å². The van der Waals surface area contributed by atoms with Gasteiger partial charge in [-0.2, -0.15) is 0 Å². The van der Waals surface area contributed by atoms with Crippen LogP contribution in [-0.4, -0.2) is 34.2 Å². The van der Waals surface area contributed by atoms with Crippen LogP contribution in [0.15, 0.2) is 41.3 Å². The molecule has 2 aromatic carbocycles. The lowest BCUT2D eigenvalue weighted by Gasteiger charge is -2.16. The molecule has 118 valence electrons. The van der Waals surface area contributed by atoms with Gasteiger partial charge in [0.25, 0.3) is 0 Å². The Kier molecular flexibility index (Phi) is 4.71. The molecule has 6 heteroatoms. The first-order valence-corrected chi connectivity index (χ1v) is 8.68. The average molecular weight is 320 g/mol. The Bertz CT molecular complexity index is 798. The minimum absolute atomic E-state index is 0.0763. The van der Waals surface area contributed by atoms with Crippen LogP contribution in [0.5, 0.6) is 0 Å². The lowest BCUT2D eigenvalue weighted by molar-refractivity contribution is -0.118. The highest BCUT2D eigenvalue weighted by atomic mass is 32.2. The fourth-order valence-electron chi connectivity index (χ4n) is 2.47. The van der Waals surface area contributed by atoms with Gasteiger partial charge in [0.15, 0.2) is 9.84 Å². The molecule has 0 aliphatic heterocycles. The molecule has 0 radical (unpaired) electrons. The van der Waals surface area contributed by atoms with Crippen molar-refractivity contribution in [3.8, 4) is 0 Å². The van der Waals surface area contributed by atoms with E-state index in [0.717, 1.165) is 11.1 Å². The predicted octanol–water partition coefficient (Wildman–Crippen LogP) is 1.94. The van der Waals surface area contributed by atoms with E-state index >= 15 is 0 Å². The maximum atomic E-state index is 12.5. The number of anilines is 1. The van der Waals surface area contributed by atoms with Crippen molar-refractivity contribution in [1.82, 2.24) is 0 Å². The second-order valence-electron chi connectivity index (χ2n) is 5.41. The lowest BCUT2D eigenvalue weighted by Crippen LogP contribution is -2.14. The maximum Gasteiger partial charge on any atom is 0.217 e. The Morgan fingerprint density at radius 2 is 1.73 bits per heavy atom. The Balaban J connectivity index is 2.47. The van der Waals surface area contributed by atoms with E-state index in [1.54, 1.807) is 12.1 Å². The van der Waals surface area contributed by atoms with Gasteiger partial charge in [-0.3, -0.25) is 4.79 Å². The molecular weight excluding hydrogens is 300 g/mol. The zero-order valence-corrected chi connectivity index (χ0v) is 13.6. The minimum atomic E-state index is -3.45. The van der Waals surface area contributed by atoms with E-state index in [0.29, 0.717) is 10.3 Å². The van der Waals surface area contributed by atoms with Crippen LogP contribution in [0.3, 0.4) is 0 Å². The highest BCUT2D eigenvalue weighted by Gasteiger charge is 2.18. The van der Waals surface area contributed by atoms with Crippen LogP contribution < -0.4 is 10.6 Å². The van der Waals surface area contributed by atoms with Gasteiger partial charge in [-0.25, -0.2) is 8.42 Å². The van der Waals surface area contributed by atoms with Crippen molar-refractivity contribution in [2.45, 2.75) is 17.7 Å². The Hall–Kier alpha value is -2.08. The number of hydrogen-bond acceptors (Lipinski definition) is 4. The first kappa shape index (κ1) is 16.3. The van der Waals surface area contributed by atoms with E-state index < -0.39 is 15.7 Å². The molecule has 0 atom stereocenters. The summed E-state index contributed by atoms with van der Waals surface area (Å²) in [5.74, 6) is -0.565. The van der Waals surface area contributed by atoms with E-state index in [-0.39, 0.29) is 18.6 Å². The third kappa shape index (κ3) is 3.39. The molecule has 0 unspecified atom stereocenters. The monoisotopic (exact) mass is 320 g/mol. The Morgan fingerprint density at radius 3 is 2.36 bits per heavy atom. The first-order chi connectivity index (χ1) is 10.3. The predicted molar refractivity (Wildman–Crippen MR) is 88.8 cm³/mol. The van der Waals surface area contributed by atoms with Gasteiger partial charge in [-0.05, 0) is 18.6 Å². The molecule has 2 aromatic rings. The SMILES string of the molecule is CN(C)c1cccc2c(S(=O)(=O)CCCC(N)=O)cccc12. The van der Waals surface area contributed by atoms with Crippen LogP contribution in [0.2, 0.25) is 0 Å². The molecule has 0 saturated heterocycles. The van der Waals surface area contributed by atoms with Crippen LogP contribution in [0.25, 0.3) is 10.8 Å². The number of sulfone groups is 1. The van der Waals surface area contributed by atoms with Crippen LogP contribution in [0, 0.1) is 0 Å². The fraction of sp³-hybridized carbons (Fsp3) is 0.312. The van der Waals surface area contributed by atoms with Gasteiger partial charge in [0.05, 0.1) is 10.6 Å². The van der Waals surface area contributed by atoms with Gasteiger partial charge < -0.3 is 10.6 Å². The zero-order valence-electron chi connectivity index (χ0n) is 12.7. The van der Waals surface area contributed by atoms with Crippen LogP contribution in [-0.2, 0) is 14.6 Å². The van der Waals surface area contributed by atoms with Crippen LogP contribution in [0.4, 0.5) is 5.69 Å².